The molecule has 170 valence electrons. The Bertz CT molecular complexity index is 984. The van der Waals surface area contributed by atoms with Gasteiger partial charge in [-0.05, 0) is 34.7 Å². The molecule has 0 fully saturated rings. The molecule has 1 N–H and O–H groups in total. The van der Waals surface area contributed by atoms with Crippen LogP contribution in [0.4, 0.5) is 4.39 Å². The van der Waals surface area contributed by atoms with Crippen molar-refractivity contribution in [3.05, 3.63) is 88.9 Å². The fourth-order valence-corrected chi connectivity index (χ4v) is 3.32. The van der Waals surface area contributed by atoms with E-state index < -0.39 is 0 Å². The molecule has 0 radical (unpaired) electrons. The molecule has 0 atom stereocenters. The average Bonchev–Trinajstić information content (AvgIpc) is 3.24. The number of carbonyl (C=O) groups excluding carboxylic acids is 1. The van der Waals surface area contributed by atoms with E-state index in [0.29, 0.717) is 44.6 Å². The van der Waals surface area contributed by atoms with Crippen molar-refractivity contribution in [1.82, 2.24) is 15.2 Å². The molecule has 2 aromatic carbocycles. The van der Waals surface area contributed by atoms with Crippen LogP contribution in [0, 0.1) is 5.82 Å². The molecule has 0 saturated carbocycles. The van der Waals surface area contributed by atoms with Gasteiger partial charge in [0.25, 0.3) is 5.91 Å². The van der Waals surface area contributed by atoms with E-state index in [1.807, 2.05) is 0 Å². The number of halogens is 1. The number of amides is 1. The second-order valence-electron chi connectivity index (χ2n) is 8.04. The van der Waals surface area contributed by atoms with Gasteiger partial charge in [-0.15, -0.1) is 0 Å². The van der Waals surface area contributed by atoms with Crippen molar-refractivity contribution in [3.63, 3.8) is 0 Å². The van der Waals surface area contributed by atoms with Gasteiger partial charge in [-0.25, -0.2) is 9.37 Å². The number of aromatic nitrogens is 1. The summed E-state index contributed by atoms with van der Waals surface area (Å²) < 4.78 is 23.8. The Morgan fingerprint density at radius 3 is 2.28 bits per heavy atom. The van der Waals surface area contributed by atoms with Crippen LogP contribution in [0.2, 0.25) is 0 Å². The monoisotopic (exact) mass is 439 g/mol. The summed E-state index contributed by atoms with van der Waals surface area (Å²) in [5.74, 6) is 0.357. The number of hydrogen-bond acceptors (Lipinski definition) is 5. The minimum absolute atomic E-state index is 0.235. The molecule has 0 aliphatic heterocycles. The molecule has 7 heteroatoms. The Hall–Kier alpha value is -3.03. The molecule has 0 aliphatic rings. The van der Waals surface area contributed by atoms with Crippen LogP contribution in [0.3, 0.4) is 0 Å². The Morgan fingerprint density at radius 2 is 1.69 bits per heavy atom. The third kappa shape index (κ3) is 7.00. The first-order valence-corrected chi connectivity index (χ1v) is 10.7. The highest BCUT2D eigenvalue weighted by atomic mass is 19.1. The van der Waals surface area contributed by atoms with Gasteiger partial charge in [-0.3, -0.25) is 9.69 Å². The average molecular weight is 440 g/mol. The number of benzene rings is 2. The van der Waals surface area contributed by atoms with Crippen LogP contribution >= 0.6 is 0 Å². The Balaban J connectivity index is 1.72. The van der Waals surface area contributed by atoms with Crippen LogP contribution in [-0.2, 0) is 24.4 Å². The third-order valence-corrected chi connectivity index (χ3v) is 5.11. The standard InChI is InChI=1S/C25H30FN3O3/c1-18(2)21-8-4-19(5-9-21)14-29(15-20-6-10-22(26)11-7-20)16-24-28-23(17-32-24)25(30)27-12-13-31-3/h4-11,17-18H,12-16H2,1-3H3,(H,27,30). The van der Waals surface area contributed by atoms with Crippen LogP contribution in [0.15, 0.2) is 59.2 Å². The van der Waals surface area contributed by atoms with E-state index in [4.69, 9.17) is 9.15 Å². The lowest BCUT2D eigenvalue weighted by molar-refractivity contribution is 0.0932. The molecule has 3 aromatic rings. The smallest absolute Gasteiger partial charge is 0.273 e. The van der Waals surface area contributed by atoms with Crippen LogP contribution in [-0.4, -0.2) is 36.1 Å². The quantitative estimate of drug-likeness (QED) is 0.445. The topological polar surface area (TPSA) is 67.6 Å². The molecule has 1 aromatic heterocycles. The highest BCUT2D eigenvalue weighted by Crippen LogP contribution is 2.18. The molecular formula is C25H30FN3O3. The van der Waals surface area contributed by atoms with Crippen molar-refractivity contribution >= 4 is 5.91 Å². The summed E-state index contributed by atoms with van der Waals surface area (Å²) in [5, 5.41) is 2.73. The fraction of sp³-hybridized carbons (Fsp3) is 0.360. The lowest BCUT2D eigenvalue weighted by Gasteiger charge is -2.21. The predicted octanol–water partition coefficient (Wildman–Crippen LogP) is 4.52. The van der Waals surface area contributed by atoms with Gasteiger partial charge in [0.2, 0.25) is 5.89 Å². The first-order valence-electron chi connectivity index (χ1n) is 10.7. The first-order chi connectivity index (χ1) is 15.4. The summed E-state index contributed by atoms with van der Waals surface area (Å²) in [6.07, 6.45) is 1.37. The van der Waals surface area contributed by atoms with Crippen LogP contribution in [0.25, 0.3) is 0 Å². The van der Waals surface area contributed by atoms with Crippen LogP contribution in [0.5, 0.6) is 0 Å². The highest BCUT2D eigenvalue weighted by molar-refractivity contribution is 5.91. The van der Waals surface area contributed by atoms with Gasteiger partial charge >= 0.3 is 0 Å². The second-order valence-corrected chi connectivity index (χ2v) is 8.04. The van der Waals surface area contributed by atoms with E-state index in [9.17, 15) is 9.18 Å². The number of rotatable bonds is 11. The summed E-state index contributed by atoms with van der Waals surface area (Å²) in [4.78, 5) is 18.7. The molecule has 0 bridgehead atoms. The molecule has 0 spiro atoms. The molecule has 1 amide bonds. The lowest BCUT2D eigenvalue weighted by Crippen LogP contribution is -2.27. The number of nitrogens with zero attached hydrogens (tertiary/aromatic N) is 2. The first kappa shape index (κ1) is 23.6. The minimum Gasteiger partial charge on any atom is -0.447 e. The molecule has 32 heavy (non-hydrogen) atoms. The molecule has 0 saturated heterocycles. The largest absolute Gasteiger partial charge is 0.447 e. The highest BCUT2D eigenvalue weighted by Gasteiger charge is 2.16. The molecular weight excluding hydrogens is 409 g/mol. The van der Waals surface area contributed by atoms with E-state index in [0.717, 1.165) is 11.1 Å². The number of ether oxygens (including phenoxy) is 1. The van der Waals surface area contributed by atoms with Crippen molar-refractivity contribution < 1.29 is 18.3 Å². The van der Waals surface area contributed by atoms with E-state index in [1.54, 1.807) is 19.2 Å². The minimum atomic E-state index is -0.300. The molecule has 3 rings (SSSR count). The Morgan fingerprint density at radius 1 is 1.06 bits per heavy atom. The zero-order chi connectivity index (χ0) is 22.9. The SMILES string of the molecule is COCCNC(=O)c1coc(CN(Cc2ccc(F)cc2)Cc2ccc(C(C)C)cc2)n1. The summed E-state index contributed by atoms with van der Waals surface area (Å²) in [6, 6.07) is 15.0. The summed E-state index contributed by atoms with van der Waals surface area (Å²) >= 11 is 0. The Labute approximate surface area is 188 Å². The van der Waals surface area contributed by atoms with Gasteiger partial charge in [-0.1, -0.05) is 50.2 Å². The van der Waals surface area contributed by atoms with Gasteiger partial charge in [0.05, 0.1) is 13.2 Å². The van der Waals surface area contributed by atoms with E-state index in [1.165, 1.54) is 24.0 Å². The number of oxazole rings is 1. The number of hydrogen-bond donors (Lipinski definition) is 1. The van der Waals surface area contributed by atoms with Crippen molar-refractivity contribution in [2.45, 2.75) is 39.4 Å². The summed E-state index contributed by atoms with van der Waals surface area (Å²) in [7, 11) is 1.58. The summed E-state index contributed by atoms with van der Waals surface area (Å²) in [6.45, 7) is 6.83. The zero-order valence-electron chi connectivity index (χ0n) is 18.8. The fourth-order valence-electron chi connectivity index (χ4n) is 3.32. The lowest BCUT2D eigenvalue weighted by atomic mass is 10.0. The van der Waals surface area contributed by atoms with E-state index >= 15 is 0 Å². The van der Waals surface area contributed by atoms with Crippen molar-refractivity contribution in [2.24, 2.45) is 0 Å². The molecule has 0 aliphatic carbocycles. The zero-order valence-corrected chi connectivity index (χ0v) is 18.8. The van der Waals surface area contributed by atoms with Gasteiger partial charge in [0.1, 0.15) is 12.1 Å². The molecule has 6 nitrogen and oxygen atoms in total. The van der Waals surface area contributed by atoms with Crippen molar-refractivity contribution in [3.8, 4) is 0 Å². The molecule has 0 unspecified atom stereocenters. The molecule has 1 heterocycles. The third-order valence-electron chi connectivity index (χ3n) is 5.11. The van der Waals surface area contributed by atoms with Crippen molar-refractivity contribution in [1.29, 1.82) is 0 Å². The number of carbonyl (C=O) groups is 1. The van der Waals surface area contributed by atoms with Gasteiger partial charge in [-0.2, -0.15) is 0 Å². The van der Waals surface area contributed by atoms with Gasteiger partial charge in [0, 0.05) is 26.7 Å². The van der Waals surface area contributed by atoms with E-state index in [2.05, 4.69) is 53.3 Å². The predicted molar refractivity (Wildman–Crippen MR) is 121 cm³/mol. The number of methoxy groups -OCH3 is 1. The van der Waals surface area contributed by atoms with Gasteiger partial charge < -0.3 is 14.5 Å². The Kier molecular flexibility index (Phi) is 8.53. The second kappa shape index (κ2) is 11.5. The van der Waals surface area contributed by atoms with E-state index in [-0.39, 0.29) is 17.4 Å². The van der Waals surface area contributed by atoms with Crippen LogP contribution < -0.4 is 5.32 Å². The van der Waals surface area contributed by atoms with Crippen molar-refractivity contribution in [2.75, 3.05) is 20.3 Å². The normalized spacial score (nSPS) is 11.3. The van der Waals surface area contributed by atoms with Gasteiger partial charge in [0.15, 0.2) is 5.69 Å². The maximum Gasteiger partial charge on any atom is 0.273 e. The number of nitrogens with one attached hydrogen (secondary N) is 1. The maximum absolute atomic E-state index is 13.3. The maximum atomic E-state index is 13.3. The summed E-state index contributed by atoms with van der Waals surface area (Å²) in [5.41, 5.74) is 3.66. The van der Waals surface area contributed by atoms with Crippen LogP contribution in [0.1, 0.15) is 52.8 Å².